The lowest BCUT2D eigenvalue weighted by atomic mass is 10.2. The first-order valence-corrected chi connectivity index (χ1v) is 6.56. The molecule has 0 saturated heterocycles. The van der Waals surface area contributed by atoms with Crippen LogP contribution in [0.1, 0.15) is 32.3 Å². The van der Waals surface area contributed by atoms with E-state index in [9.17, 15) is 4.79 Å². The number of carbonyl (C=O) groups excluding carboxylic acids is 1. The average Bonchev–Trinajstić information content (AvgIpc) is 2.45. The van der Waals surface area contributed by atoms with Gasteiger partial charge in [0.05, 0.1) is 7.11 Å². The summed E-state index contributed by atoms with van der Waals surface area (Å²) in [5.41, 5.74) is 0.846. The summed E-state index contributed by atoms with van der Waals surface area (Å²) in [4.78, 5) is 15.9. The number of amides is 1. The number of nitrogens with one attached hydrogen (secondary N) is 1. The van der Waals surface area contributed by atoms with Crippen molar-refractivity contribution in [3.05, 3.63) is 23.9 Å². The van der Waals surface area contributed by atoms with Gasteiger partial charge in [0.15, 0.2) is 0 Å². The van der Waals surface area contributed by atoms with E-state index < -0.39 is 6.10 Å². The predicted octanol–water partition coefficient (Wildman–Crippen LogP) is 1.91. The minimum atomic E-state index is -0.436. The first-order chi connectivity index (χ1) is 9.19. The molecule has 5 nitrogen and oxygen atoms in total. The minimum absolute atomic E-state index is 0.123. The summed E-state index contributed by atoms with van der Waals surface area (Å²) in [7, 11) is 1.56. The van der Waals surface area contributed by atoms with Crippen LogP contribution in [0.3, 0.4) is 0 Å². The number of hydrogen-bond acceptors (Lipinski definition) is 4. The molecule has 0 aliphatic heterocycles. The van der Waals surface area contributed by atoms with Crippen LogP contribution in [0.25, 0.3) is 0 Å². The zero-order valence-corrected chi connectivity index (χ0v) is 11.8. The maximum absolute atomic E-state index is 11.8. The maximum Gasteiger partial charge on any atom is 0.249 e. The fourth-order valence-electron chi connectivity index (χ4n) is 1.55. The zero-order chi connectivity index (χ0) is 14.1. The van der Waals surface area contributed by atoms with Crippen LogP contribution in [0.4, 0.5) is 0 Å². The fraction of sp³-hybridized carbons (Fsp3) is 0.571. The standard InChI is InChI=1S/C14H22N2O3/c1-4-5-9-19-11(2)13(17)16-10-12-7-6-8-15-14(12)18-3/h6-8,11H,4-5,9-10H2,1-3H3,(H,16,17)/t11-/m1/s1. The number of carbonyl (C=O) groups is 1. The Kier molecular flexibility index (Phi) is 6.89. The zero-order valence-electron chi connectivity index (χ0n) is 11.8. The van der Waals surface area contributed by atoms with Gasteiger partial charge in [0.25, 0.3) is 0 Å². The summed E-state index contributed by atoms with van der Waals surface area (Å²) in [5.74, 6) is 0.407. The van der Waals surface area contributed by atoms with Crippen LogP contribution >= 0.6 is 0 Å². The van der Waals surface area contributed by atoms with Crippen molar-refractivity contribution in [2.75, 3.05) is 13.7 Å². The van der Waals surface area contributed by atoms with E-state index in [1.807, 2.05) is 12.1 Å². The van der Waals surface area contributed by atoms with E-state index >= 15 is 0 Å². The molecule has 5 heteroatoms. The Bertz CT molecular complexity index is 396. The number of nitrogens with zero attached hydrogens (tertiary/aromatic N) is 1. The van der Waals surface area contributed by atoms with Crippen molar-refractivity contribution in [3.8, 4) is 5.88 Å². The van der Waals surface area contributed by atoms with E-state index in [1.54, 1.807) is 20.2 Å². The SMILES string of the molecule is CCCCO[C@H](C)C(=O)NCc1cccnc1OC. The monoisotopic (exact) mass is 266 g/mol. The third-order valence-electron chi connectivity index (χ3n) is 2.73. The van der Waals surface area contributed by atoms with Crippen molar-refractivity contribution >= 4 is 5.91 Å². The number of rotatable bonds is 8. The quantitative estimate of drug-likeness (QED) is 0.730. The van der Waals surface area contributed by atoms with Crippen LogP contribution in [-0.4, -0.2) is 30.7 Å². The summed E-state index contributed by atoms with van der Waals surface area (Å²) in [6.45, 7) is 4.84. The molecule has 1 atom stereocenters. The Morgan fingerprint density at radius 3 is 3.00 bits per heavy atom. The molecule has 19 heavy (non-hydrogen) atoms. The smallest absolute Gasteiger partial charge is 0.249 e. The molecule has 0 unspecified atom stereocenters. The molecular formula is C14H22N2O3. The van der Waals surface area contributed by atoms with Crippen molar-refractivity contribution < 1.29 is 14.3 Å². The third kappa shape index (κ3) is 5.26. The van der Waals surface area contributed by atoms with Gasteiger partial charge >= 0.3 is 0 Å². The van der Waals surface area contributed by atoms with Crippen LogP contribution in [-0.2, 0) is 16.1 Å². The molecule has 106 valence electrons. The molecule has 0 aliphatic rings. The van der Waals surface area contributed by atoms with E-state index in [4.69, 9.17) is 9.47 Å². The van der Waals surface area contributed by atoms with Crippen molar-refractivity contribution in [2.45, 2.75) is 39.3 Å². The van der Waals surface area contributed by atoms with E-state index in [-0.39, 0.29) is 5.91 Å². The molecule has 1 rings (SSSR count). The predicted molar refractivity (Wildman–Crippen MR) is 73.0 cm³/mol. The Morgan fingerprint density at radius 1 is 1.53 bits per heavy atom. The molecule has 0 spiro atoms. The van der Waals surface area contributed by atoms with Gasteiger partial charge < -0.3 is 14.8 Å². The van der Waals surface area contributed by atoms with Crippen LogP contribution in [0, 0.1) is 0 Å². The Labute approximate surface area is 114 Å². The number of ether oxygens (including phenoxy) is 2. The van der Waals surface area contributed by atoms with E-state index in [1.165, 1.54) is 0 Å². The van der Waals surface area contributed by atoms with Gasteiger partial charge in [-0.2, -0.15) is 0 Å². The molecule has 0 aromatic carbocycles. The summed E-state index contributed by atoms with van der Waals surface area (Å²) < 4.78 is 10.6. The van der Waals surface area contributed by atoms with Gasteiger partial charge in [0, 0.05) is 24.9 Å². The Hall–Kier alpha value is -1.62. The number of pyridine rings is 1. The highest BCUT2D eigenvalue weighted by molar-refractivity contribution is 5.80. The second kappa shape index (κ2) is 8.48. The molecule has 0 bridgehead atoms. The van der Waals surface area contributed by atoms with Gasteiger partial charge in [-0.05, 0) is 19.4 Å². The molecule has 0 radical (unpaired) electrons. The van der Waals surface area contributed by atoms with Gasteiger partial charge in [-0.3, -0.25) is 4.79 Å². The minimum Gasteiger partial charge on any atom is -0.481 e. The lowest BCUT2D eigenvalue weighted by Crippen LogP contribution is -2.34. The van der Waals surface area contributed by atoms with E-state index in [2.05, 4.69) is 17.2 Å². The summed E-state index contributed by atoms with van der Waals surface area (Å²) >= 11 is 0. The van der Waals surface area contributed by atoms with Crippen molar-refractivity contribution in [2.24, 2.45) is 0 Å². The fourth-order valence-corrected chi connectivity index (χ4v) is 1.55. The molecule has 0 fully saturated rings. The second-order valence-electron chi connectivity index (χ2n) is 4.26. The lowest BCUT2D eigenvalue weighted by Gasteiger charge is -2.13. The van der Waals surface area contributed by atoms with Gasteiger partial charge in [-0.1, -0.05) is 19.4 Å². The van der Waals surface area contributed by atoms with Crippen LogP contribution < -0.4 is 10.1 Å². The van der Waals surface area contributed by atoms with Gasteiger partial charge in [0.1, 0.15) is 6.10 Å². The number of methoxy groups -OCH3 is 1. The normalized spacial score (nSPS) is 11.9. The van der Waals surface area contributed by atoms with E-state index in [0.29, 0.717) is 19.0 Å². The largest absolute Gasteiger partial charge is 0.481 e. The van der Waals surface area contributed by atoms with Crippen molar-refractivity contribution in [1.82, 2.24) is 10.3 Å². The first-order valence-electron chi connectivity index (χ1n) is 6.56. The van der Waals surface area contributed by atoms with Crippen LogP contribution in [0.2, 0.25) is 0 Å². The summed E-state index contributed by atoms with van der Waals surface area (Å²) in [6.07, 6.45) is 3.24. The van der Waals surface area contributed by atoms with Crippen molar-refractivity contribution in [1.29, 1.82) is 0 Å². The highest BCUT2D eigenvalue weighted by Gasteiger charge is 2.13. The van der Waals surface area contributed by atoms with Crippen LogP contribution in [0.15, 0.2) is 18.3 Å². The maximum atomic E-state index is 11.8. The molecule has 0 aliphatic carbocycles. The Morgan fingerprint density at radius 2 is 2.32 bits per heavy atom. The number of unbranched alkanes of at least 4 members (excludes halogenated alkanes) is 1. The number of aromatic nitrogens is 1. The van der Waals surface area contributed by atoms with Gasteiger partial charge in [0.2, 0.25) is 11.8 Å². The van der Waals surface area contributed by atoms with E-state index in [0.717, 1.165) is 18.4 Å². The van der Waals surface area contributed by atoms with Gasteiger partial charge in [-0.25, -0.2) is 4.98 Å². The summed E-state index contributed by atoms with van der Waals surface area (Å²) in [6, 6.07) is 3.68. The molecule has 0 saturated carbocycles. The first kappa shape index (κ1) is 15.4. The second-order valence-corrected chi connectivity index (χ2v) is 4.26. The molecule has 1 heterocycles. The Balaban J connectivity index is 2.40. The average molecular weight is 266 g/mol. The molecule has 1 N–H and O–H groups in total. The highest BCUT2D eigenvalue weighted by Crippen LogP contribution is 2.12. The molecular weight excluding hydrogens is 244 g/mol. The number of hydrogen-bond donors (Lipinski definition) is 1. The van der Waals surface area contributed by atoms with Crippen molar-refractivity contribution in [3.63, 3.8) is 0 Å². The van der Waals surface area contributed by atoms with Gasteiger partial charge in [-0.15, -0.1) is 0 Å². The molecule has 1 aromatic rings. The molecule has 1 aromatic heterocycles. The third-order valence-corrected chi connectivity index (χ3v) is 2.73. The summed E-state index contributed by atoms with van der Waals surface area (Å²) in [5, 5.41) is 2.82. The topological polar surface area (TPSA) is 60.5 Å². The highest BCUT2D eigenvalue weighted by atomic mass is 16.5. The van der Waals surface area contributed by atoms with Crippen LogP contribution in [0.5, 0.6) is 5.88 Å². The lowest BCUT2D eigenvalue weighted by molar-refractivity contribution is -0.131. The molecule has 1 amide bonds.